The third-order valence-corrected chi connectivity index (χ3v) is 6.30. The Kier molecular flexibility index (Phi) is 7.83. The molecule has 0 radical (unpaired) electrons. The van der Waals surface area contributed by atoms with Gasteiger partial charge in [0.15, 0.2) is 0 Å². The summed E-state index contributed by atoms with van der Waals surface area (Å²) < 4.78 is 10.9. The van der Waals surface area contributed by atoms with E-state index >= 15 is 0 Å². The van der Waals surface area contributed by atoms with Crippen LogP contribution in [0.15, 0.2) is 60.7 Å². The van der Waals surface area contributed by atoms with E-state index in [1.807, 2.05) is 36.4 Å². The second-order valence-electron chi connectivity index (χ2n) is 10.3. The maximum Gasteiger partial charge on any atom is 0.411 e. The van der Waals surface area contributed by atoms with Gasteiger partial charge in [-0.3, -0.25) is 10.1 Å². The van der Waals surface area contributed by atoms with Crippen LogP contribution in [0.2, 0.25) is 0 Å². The number of esters is 1. The van der Waals surface area contributed by atoms with E-state index in [9.17, 15) is 19.5 Å². The second kappa shape index (κ2) is 11.1. The average Bonchev–Trinajstić information content (AvgIpc) is 3.17. The highest BCUT2D eigenvalue weighted by Crippen LogP contribution is 2.44. The second-order valence-corrected chi connectivity index (χ2v) is 10.3. The van der Waals surface area contributed by atoms with Gasteiger partial charge in [-0.15, -0.1) is 0 Å². The van der Waals surface area contributed by atoms with E-state index < -0.39 is 23.6 Å². The van der Waals surface area contributed by atoms with E-state index in [2.05, 4.69) is 22.8 Å². The zero-order chi connectivity index (χ0) is 27.4. The van der Waals surface area contributed by atoms with Crippen molar-refractivity contribution in [2.45, 2.75) is 45.8 Å². The van der Waals surface area contributed by atoms with E-state index in [1.54, 1.807) is 33.8 Å². The summed E-state index contributed by atoms with van der Waals surface area (Å²) in [5.41, 5.74) is 5.24. The lowest BCUT2D eigenvalue weighted by molar-refractivity contribution is -0.153. The minimum atomic E-state index is -1.12. The number of ether oxygens (including phenoxy) is 2. The van der Waals surface area contributed by atoms with Gasteiger partial charge in [0, 0.05) is 18.2 Å². The third-order valence-electron chi connectivity index (χ3n) is 6.30. The van der Waals surface area contributed by atoms with Crippen molar-refractivity contribution in [3.63, 3.8) is 0 Å². The minimum Gasteiger partial charge on any atom is -0.478 e. The molecule has 0 saturated carbocycles. The van der Waals surface area contributed by atoms with Gasteiger partial charge in [0.05, 0.1) is 12.1 Å². The van der Waals surface area contributed by atoms with Gasteiger partial charge < -0.3 is 19.9 Å². The molecular weight excluding hydrogens is 484 g/mol. The summed E-state index contributed by atoms with van der Waals surface area (Å²) in [5, 5.41) is 15.3. The lowest BCUT2D eigenvalue weighted by atomic mass is 9.98. The Morgan fingerprint density at radius 3 is 2.13 bits per heavy atom. The number of carbonyl (C=O) groups excluding carboxylic acids is 2. The van der Waals surface area contributed by atoms with Crippen LogP contribution >= 0.6 is 0 Å². The molecule has 3 aromatic carbocycles. The number of aromatic carboxylic acids is 1. The van der Waals surface area contributed by atoms with Crippen molar-refractivity contribution in [3.05, 3.63) is 88.5 Å². The fourth-order valence-electron chi connectivity index (χ4n) is 4.66. The van der Waals surface area contributed by atoms with Crippen LogP contribution in [0.5, 0.6) is 0 Å². The molecule has 198 valence electrons. The van der Waals surface area contributed by atoms with Gasteiger partial charge in [-0.2, -0.15) is 0 Å². The highest BCUT2D eigenvalue weighted by atomic mass is 16.6. The van der Waals surface area contributed by atoms with Crippen LogP contribution in [-0.2, 0) is 20.8 Å². The Bertz CT molecular complexity index is 1330. The number of carboxylic acid groups (broad SMARTS) is 1. The minimum absolute atomic E-state index is 0.0390. The molecule has 0 heterocycles. The molecular formula is C30H32N2O6. The van der Waals surface area contributed by atoms with Crippen molar-refractivity contribution in [1.29, 1.82) is 0 Å². The standard InChI is InChI=1S/C30H32N2O6/c1-18-24(28(34)35)13-19(15-31-16-27(33)38-30(2,3)4)14-26(18)32-29(36)37-17-25-22-11-7-5-9-20(22)21-10-6-8-12-23(21)25/h5-14,25,31H,15-17H2,1-4H3,(H,32,36)(H,34,35). The molecule has 38 heavy (non-hydrogen) atoms. The van der Waals surface area contributed by atoms with Crippen molar-refractivity contribution < 1.29 is 29.0 Å². The first-order valence-corrected chi connectivity index (χ1v) is 12.4. The molecule has 0 saturated heterocycles. The van der Waals surface area contributed by atoms with E-state index in [4.69, 9.17) is 9.47 Å². The monoisotopic (exact) mass is 516 g/mol. The number of amides is 1. The highest BCUT2D eigenvalue weighted by Gasteiger charge is 2.29. The third kappa shape index (κ3) is 6.20. The number of carbonyl (C=O) groups is 3. The Labute approximate surface area is 222 Å². The quantitative estimate of drug-likeness (QED) is 0.340. The SMILES string of the molecule is Cc1c(NC(=O)OCC2c3ccccc3-c3ccccc32)cc(CNCC(=O)OC(C)(C)C)cc1C(=O)O. The summed E-state index contributed by atoms with van der Waals surface area (Å²) in [6.45, 7) is 7.28. The number of rotatable bonds is 8. The van der Waals surface area contributed by atoms with Crippen molar-refractivity contribution in [3.8, 4) is 11.1 Å². The van der Waals surface area contributed by atoms with Crippen LogP contribution in [0, 0.1) is 6.92 Å². The van der Waals surface area contributed by atoms with E-state index in [-0.39, 0.29) is 31.2 Å². The molecule has 4 rings (SSSR count). The first-order valence-electron chi connectivity index (χ1n) is 12.4. The molecule has 0 aromatic heterocycles. The largest absolute Gasteiger partial charge is 0.478 e. The van der Waals surface area contributed by atoms with Crippen molar-refractivity contribution in [2.75, 3.05) is 18.5 Å². The molecule has 1 aliphatic rings. The summed E-state index contributed by atoms with van der Waals surface area (Å²) in [6, 6.07) is 19.3. The molecule has 3 N–H and O–H groups in total. The van der Waals surface area contributed by atoms with E-state index in [0.717, 1.165) is 22.3 Å². The van der Waals surface area contributed by atoms with Crippen molar-refractivity contribution in [1.82, 2.24) is 5.32 Å². The highest BCUT2D eigenvalue weighted by molar-refractivity contribution is 5.94. The number of benzene rings is 3. The molecule has 8 heteroatoms. The predicted molar refractivity (Wildman–Crippen MR) is 144 cm³/mol. The first-order chi connectivity index (χ1) is 18.0. The molecule has 0 bridgehead atoms. The van der Waals surface area contributed by atoms with Crippen LogP contribution in [0.3, 0.4) is 0 Å². The molecule has 3 aromatic rings. The summed E-state index contributed by atoms with van der Waals surface area (Å²) in [4.78, 5) is 36.6. The summed E-state index contributed by atoms with van der Waals surface area (Å²) in [7, 11) is 0. The molecule has 8 nitrogen and oxygen atoms in total. The Morgan fingerprint density at radius 2 is 1.55 bits per heavy atom. The fourth-order valence-corrected chi connectivity index (χ4v) is 4.66. The fraction of sp³-hybridized carbons (Fsp3) is 0.300. The summed E-state index contributed by atoms with van der Waals surface area (Å²) >= 11 is 0. The van der Waals surface area contributed by atoms with Gasteiger partial charge in [-0.05, 0) is 73.2 Å². The number of fused-ring (bicyclic) bond motifs is 3. The lowest BCUT2D eigenvalue weighted by Crippen LogP contribution is -2.31. The van der Waals surface area contributed by atoms with Crippen molar-refractivity contribution >= 4 is 23.7 Å². The normalized spacial score (nSPS) is 12.4. The van der Waals surface area contributed by atoms with Crippen LogP contribution in [0.1, 0.15) is 59.3 Å². The van der Waals surface area contributed by atoms with Gasteiger partial charge in [0.25, 0.3) is 0 Å². The smallest absolute Gasteiger partial charge is 0.411 e. The summed E-state index contributed by atoms with van der Waals surface area (Å²) in [5.74, 6) is -1.63. The van der Waals surface area contributed by atoms with Gasteiger partial charge in [0.1, 0.15) is 12.2 Å². The zero-order valence-corrected chi connectivity index (χ0v) is 22.0. The van der Waals surface area contributed by atoms with Gasteiger partial charge in [0.2, 0.25) is 0 Å². The molecule has 0 fully saturated rings. The molecule has 0 spiro atoms. The van der Waals surface area contributed by atoms with E-state index in [1.165, 1.54) is 6.07 Å². The molecule has 0 aliphatic heterocycles. The number of anilines is 1. The topological polar surface area (TPSA) is 114 Å². The maximum atomic E-state index is 12.8. The molecule has 1 amide bonds. The van der Waals surface area contributed by atoms with Gasteiger partial charge in [-0.1, -0.05) is 48.5 Å². The first kappa shape index (κ1) is 26.9. The average molecular weight is 517 g/mol. The molecule has 0 unspecified atom stereocenters. The number of hydrogen-bond acceptors (Lipinski definition) is 6. The van der Waals surface area contributed by atoms with Crippen LogP contribution in [-0.4, -0.2) is 41.9 Å². The Hall–Kier alpha value is -4.17. The Balaban J connectivity index is 1.44. The Morgan fingerprint density at radius 1 is 0.947 bits per heavy atom. The van der Waals surface area contributed by atoms with E-state index in [0.29, 0.717) is 16.8 Å². The van der Waals surface area contributed by atoms with Crippen LogP contribution in [0.4, 0.5) is 10.5 Å². The van der Waals surface area contributed by atoms with Crippen molar-refractivity contribution in [2.24, 2.45) is 0 Å². The number of nitrogens with one attached hydrogen (secondary N) is 2. The summed E-state index contributed by atoms with van der Waals surface area (Å²) in [6.07, 6.45) is -0.676. The predicted octanol–water partition coefficient (Wildman–Crippen LogP) is 5.49. The van der Waals surface area contributed by atoms with Gasteiger partial charge >= 0.3 is 18.0 Å². The van der Waals surface area contributed by atoms with Crippen LogP contribution in [0.25, 0.3) is 11.1 Å². The molecule has 1 aliphatic carbocycles. The lowest BCUT2D eigenvalue weighted by Gasteiger charge is -2.19. The zero-order valence-electron chi connectivity index (χ0n) is 22.0. The van der Waals surface area contributed by atoms with Crippen LogP contribution < -0.4 is 10.6 Å². The number of hydrogen-bond donors (Lipinski definition) is 3. The van der Waals surface area contributed by atoms with Gasteiger partial charge in [-0.25, -0.2) is 9.59 Å². The number of carboxylic acids is 1. The maximum absolute atomic E-state index is 12.8. The molecule has 0 atom stereocenters.